The second-order valence-corrected chi connectivity index (χ2v) is 6.27. The number of carbonyl (C=O) groups excluding carboxylic acids is 1. The Labute approximate surface area is 138 Å². The minimum Gasteiger partial charge on any atom is -0.457 e. The highest BCUT2D eigenvalue weighted by atomic mass is 32.1. The molecule has 0 saturated heterocycles. The van der Waals surface area contributed by atoms with Gasteiger partial charge in [-0.1, -0.05) is 12.1 Å². The van der Waals surface area contributed by atoms with Gasteiger partial charge in [-0.15, -0.1) is 11.3 Å². The van der Waals surface area contributed by atoms with Crippen LogP contribution in [-0.2, 0) is 11.3 Å². The topological polar surface area (TPSA) is 67.2 Å². The van der Waals surface area contributed by atoms with Crippen molar-refractivity contribution in [1.29, 1.82) is 0 Å². The smallest absolute Gasteiger partial charge is 0.220 e. The Kier molecular flexibility index (Phi) is 5.05. The second kappa shape index (κ2) is 7.39. The molecule has 0 radical (unpaired) electrons. The van der Waals surface area contributed by atoms with Crippen LogP contribution in [-0.4, -0.2) is 24.5 Å². The summed E-state index contributed by atoms with van der Waals surface area (Å²) in [4.78, 5) is 16.3. The van der Waals surface area contributed by atoms with Crippen LogP contribution in [0.15, 0.2) is 40.8 Å². The summed E-state index contributed by atoms with van der Waals surface area (Å²) in [5.74, 6) is 1.52. The van der Waals surface area contributed by atoms with E-state index in [9.17, 15) is 4.79 Å². The van der Waals surface area contributed by atoms with Crippen LogP contribution < -0.4 is 10.6 Å². The van der Waals surface area contributed by atoms with E-state index in [1.54, 1.807) is 11.3 Å². The lowest BCUT2D eigenvalue weighted by atomic mass is 10.3. The van der Waals surface area contributed by atoms with Crippen molar-refractivity contribution in [3.05, 3.63) is 42.2 Å². The predicted molar refractivity (Wildman–Crippen MR) is 92.3 cm³/mol. The summed E-state index contributed by atoms with van der Waals surface area (Å²) >= 11 is 1.60. The van der Waals surface area contributed by atoms with Gasteiger partial charge in [-0.25, -0.2) is 4.98 Å². The largest absolute Gasteiger partial charge is 0.457 e. The maximum Gasteiger partial charge on any atom is 0.220 e. The molecule has 0 aliphatic rings. The van der Waals surface area contributed by atoms with E-state index in [0.29, 0.717) is 13.0 Å². The number of aromatic nitrogens is 1. The van der Waals surface area contributed by atoms with E-state index in [2.05, 4.69) is 15.6 Å². The van der Waals surface area contributed by atoms with Crippen LogP contribution >= 0.6 is 11.3 Å². The van der Waals surface area contributed by atoms with Crippen molar-refractivity contribution in [3.8, 4) is 10.8 Å². The fourth-order valence-electron chi connectivity index (χ4n) is 2.27. The molecule has 3 rings (SSSR count). The van der Waals surface area contributed by atoms with Crippen molar-refractivity contribution in [2.45, 2.75) is 19.4 Å². The van der Waals surface area contributed by atoms with Gasteiger partial charge in [-0.3, -0.25) is 4.79 Å². The minimum atomic E-state index is 0.0400. The molecule has 0 saturated carbocycles. The van der Waals surface area contributed by atoms with Crippen LogP contribution in [0.25, 0.3) is 21.0 Å². The van der Waals surface area contributed by atoms with Gasteiger partial charge in [0.25, 0.3) is 0 Å². The molecular formula is C17H19N3O2S. The highest BCUT2D eigenvalue weighted by molar-refractivity contribution is 7.21. The molecule has 0 atom stereocenters. The lowest BCUT2D eigenvalue weighted by molar-refractivity contribution is -0.121. The summed E-state index contributed by atoms with van der Waals surface area (Å²) in [6, 6.07) is 11.8. The summed E-state index contributed by atoms with van der Waals surface area (Å²) in [7, 11) is 1.88. The number of nitrogens with zero attached hydrogens (tertiary/aromatic N) is 1. The molecule has 2 N–H and O–H groups in total. The first-order valence-electron chi connectivity index (χ1n) is 7.62. The van der Waals surface area contributed by atoms with Crippen LogP contribution in [0.3, 0.4) is 0 Å². The monoisotopic (exact) mass is 329 g/mol. The van der Waals surface area contributed by atoms with Gasteiger partial charge in [-0.2, -0.15) is 0 Å². The van der Waals surface area contributed by atoms with Gasteiger partial charge in [0.1, 0.15) is 5.76 Å². The first-order chi connectivity index (χ1) is 11.3. The summed E-state index contributed by atoms with van der Waals surface area (Å²) in [6.45, 7) is 1.25. The standard InChI is InChI=1S/C17H19N3O2S/c1-18-10-4-7-16(21)19-11-12-8-9-14(22-12)17-20-13-5-2-3-6-15(13)23-17/h2-3,5-6,8-9,18H,4,7,10-11H2,1H3,(H,19,21). The van der Waals surface area contributed by atoms with Crippen molar-refractivity contribution in [2.24, 2.45) is 0 Å². The molecule has 3 aromatic rings. The van der Waals surface area contributed by atoms with Gasteiger partial charge in [-0.05, 0) is 44.3 Å². The molecule has 2 heterocycles. The van der Waals surface area contributed by atoms with Gasteiger partial charge in [0.2, 0.25) is 5.91 Å². The Morgan fingerprint density at radius 1 is 1.26 bits per heavy atom. The van der Waals surface area contributed by atoms with E-state index in [1.165, 1.54) is 0 Å². The van der Waals surface area contributed by atoms with Crippen LogP contribution in [0, 0.1) is 0 Å². The molecule has 0 unspecified atom stereocenters. The zero-order valence-electron chi connectivity index (χ0n) is 13.0. The Morgan fingerprint density at radius 2 is 2.13 bits per heavy atom. The predicted octanol–water partition coefficient (Wildman–Crippen LogP) is 3.17. The number of hydrogen-bond donors (Lipinski definition) is 2. The van der Waals surface area contributed by atoms with E-state index in [4.69, 9.17) is 4.42 Å². The van der Waals surface area contributed by atoms with E-state index >= 15 is 0 Å². The molecule has 0 bridgehead atoms. The summed E-state index contributed by atoms with van der Waals surface area (Å²) in [6.07, 6.45) is 1.35. The van der Waals surface area contributed by atoms with E-state index in [-0.39, 0.29) is 5.91 Å². The third-order valence-corrected chi connectivity index (χ3v) is 4.51. The van der Waals surface area contributed by atoms with Gasteiger partial charge >= 0.3 is 0 Å². The molecule has 2 aromatic heterocycles. The van der Waals surface area contributed by atoms with Gasteiger partial charge in [0.15, 0.2) is 10.8 Å². The van der Waals surface area contributed by atoms with Gasteiger partial charge in [0.05, 0.1) is 16.8 Å². The molecular weight excluding hydrogens is 310 g/mol. The molecule has 6 heteroatoms. The molecule has 1 aromatic carbocycles. The van der Waals surface area contributed by atoms with Crippen molar-refractivity contribution >= 4 is 27.5 Å². The first-order valence-corrected chi connectivity index (χ1v) is 8.44. The van der Waals surface area contributed by atoms with E-state index < -0.39 is 0 Å². The fraction of sp³-hybridized carbons (Fsp3) is 0.294. The number of furan rings is 1. The molecule has 5 nitrogen and oxygen atoms in total. The summed E-state index contributed by atoms with van der Waals surface area (Å²) in [5, 5.41) is 6.76. The van der Waals surface area contributed by atoms with E-state index in [1.807, 2.05) is 43.4 Å². The number of fused-ring (bicyclic) bond motifs is 1. The molecule has 0 aliphatic heterocycles. The quantitative estimate of drug-likeness (QED) is 0.653. The third kappa shape index (κ3) is 3.97. The Morgan fingerprint density at radius 3 is 2.96 bits per heavy atom. The number of nitrogens with one attached hydrogen (secondary N) is 2. The van der Waals surface area contributed by atoms with Crippen molar-refractivity contribution < 1.29 is 9.21 Å². The lowest BCUT2D eigenvalue weighted by Gasteiger charge is -2.02. The third-order valence-electron chi connectivity index (χ3n) is 3.46. The molecule has 0 spiro atoms. The van der Waals surface area contributed by atoms with Gasteiger partial charge < -0.3 is 15.1 Å². The molecule has 0 aliphatic carbocycles. The SMILES string of the molecule is CNCCCC(=O)NCc1ccc(-c2nc3ccccc3s2)o1. The average molecular weight is 329 g/mol. The molecule has 120 valence electrons. The number of amides is 1. The van der Waals surface area contributed by atoms with Crippen LogP contribution in [0.2, 0.25) is 0 Å². The number of para-hydroxylation sites is 1. The van der Waals surface area contributed by atoms with Crippen molar-refractivity contribution in [1.82, 2.24) is 15.6 Å². The zero-order chi connectivity index (χ0) is 16.1. The molecule has 23 heavy (non-hydrogen) atoms. The zero-order valence-corrected chi connectivity index (χ0v) is 13.8. The number of carbonyl (C=O) groups is 1. The number of thiazole rings is 1. The Hall–Kier alpha value is -2.18. The summed E-state index contributed by atoms with van der Waals surface area (Å²) < 4.78 is 6.93. The minimum absolute atomic E-state index is 0.0400. The molecule has 1 amide bonds. The Bertz CT molecular complexity index is 761. The van der Waals surface area contributed by atoms with Crippen molar-refractivity contribution in [3.63, 3.8) is 0 Å². The van der Waals surface area contributed by atoms with E-state index in [0.717, 1.165) is 39.7 Å². The fourth-order valence-corrected chi connectivity index (χ4v) is 3.19. The molecule has 0 fully saturated rings. The van der Waals surface area contributed by atoms with Crippen LogP contribution in [0.4, 0.5) is 0 Å². The lowest BCUT2D eigenvalue weighted by Crippen LogP contribution is -2.23. The number of rotatable bonds is 7. The van der Waals surface area contributed by atoms with Gasteiger partial charge in [0, 0.05) is 6.42 Å². The first kappa shape index (κ1) is 15.7. The number of benzene rings is 1. The normalized spacial score (nSPS) is 11.0. The summed E-state index contributed by atoms with van der Waals surface area (Å²) in [5.41, 5.74) is 0.975. The van der Waals surface area contributed by atoms with Crippen LogP contribution in [0.5, 0.6) is 0 Å². The number of hydrogen-bond acceptors (Lipinski definition) is 5. The van der Waals surface area contributed by atoms with Crippen LogP contribution in [0.1, 0.15) is 18.6 Å². The Balaban J connectivity index is 1.60. The maximum atomic E-state index is 11.7. The highest BCUT2D eigenvalue weighted by Gasteiger charge is 2.11. The average Bonchev–Trinajstić information content (AvgIpc) is 3.19. The highest BCUT2D eigenvalue weighted by Crippen LogP contribution is 2.30. The maximum absolute atomic E-state index is 11.7. The van der Waals surface area contributed by atoms with Crippen molar-refractivity contribution in [2.75, 3.05) is 13.6 Å². The second-order valence-electron chi connectivity index (χ2n) is 5.24.